The second-order valence-corrected chi connectivity index (χ2v) is 7.01. The monoisotopic (exact) mass is 377 g/mol. The van der Waals surface area contributed by atoms with Gasteiger partial charge in [0.15, 0.2) is 4.32 Å². The summed E-state index contributed by atoms with van der Waals surface area (Å²) >= 11 is 12.7. The smallest absolute Gasteiger partial charge is 0.270 e. The number of ether oxygens (including phenoxy) is 1. The average Bonchev–Trinajstić information content (AvgIpc) is 2.81. The van der Waals surface area contributed by atoms with E-state index in [-0.39, 0.29) is 11.7 Å². The Hall–Kier alpha value is -2.02. The van der Waals surface area contributed by atoms with E-state index < -0.39 is 0 Å². The maximum atomic E-state index is 12.7. The third-order valence-electron chi connectivity index (χ3n) is 3.36. The first kappa shape index (κ1) is 16.8. The molecule has 0 aromatic heterocycles. The van der Waals surface area contributed by atoms with Gasteiger partial charge in [-0.1, -0.05) is 47.7 Å². The molecule has 1 N–H and O–H groups in total. The highest BCUT2D eigenvalue weighted by atomic mass is 35.5. The first-order valence-corrected chi connectivity index (χ1v) is 8.50. The van der Waals surface area contributed by atoms with Gasteiger partial charge >= 0.3 is 0 Å². The number of rotatable bonds is 3. The molecule has 1 saturated heterocycles. The lowest BCUT2D eigenvalue weighted by molar-refractivity contribution is -0.113. The Labute approximate surface area is 153 Å². The number of carbonyl (C=O) groups is 1. The molecule has 2 aromatic rings. The number of carbonyl (C=O) groups excluding carboxylic acids is 1. The van der Waals surface area contributed by atoms with Crippen LogP contribution in [0.2, 0.25) is 5.02 Å². The number of amides is 1. The van der Waals surface area contributed by atoms with Crippen molar-refractivity contribution in [2.75, 3.05) is 12.0 Å². The van der Waals surface area contributed by atoms with E-state index in [1.54, 1.807) is 48.5 Å². The van der Waals surface area contributed by atoms with Crippen molar-refractivity contribution in [3.63, 3.8) is 0 Å². The Kier molecular flexibility index (Phi) is 4.80. The molecule has 0 radical (unpaired) electrons. The minimum Gasteiger partial charge on any atom is -0.508 e. The molecule has 0 unspecified atom stereocenters. The van der Waals surface area contributed by atoms with Gasteiger partial charge in [0.05, 0.1) is 22.7 Å². The van der Waals surface area contributed by atoms with Crippen molar-refractivity contribution in [2.45, 2.75) is 0 Å². The molecule has 0 saturated carbocycles. The van der Waals surface area contributed by atoms with Crippen LogP contribution in [-0.4, -0.2) is 22.4 Å². The molecule has 1 aliphatic rings. The number of hydrogen-bond donors (Lipinski definition) is 1. The minimum absolute atomic E-state index is 0.140. The number of benzene rings is 2. The van der Waals surface area contributed by atoms with Gasteiger partial charge in [0, 0.05) is 0 Å². The summed E-state index contributed by atoms with van der Waals surface area (Å²) < 4.78 is 5.54. The summed E-state index contributed by atoms with van der Waals surface area (Å²) in [5.74, 6) is 0.442. The summed E-state index contributed by atoms with van der Waals surface area (Å²) in [4.78, 5) is 14.6. The lowest BCUT2D eigenvalue weighted by Gasteiger charge is -2.15. The van der Waals surface area contributed by atoms with Crippen LogP contribution in [0.3, 0.4) is 0 Å². The van der Waals surface area contributed by atoms with Crippen LogP contribution < -0.4 is 9.64 Å². The van der Waals surface area contributed by atoms with Crippen LogP contribution in [0.1, 0.15) is 5.56 Å². The molecular weight excluding hydrogens is 366 g/mol. The van der Waals surface area contributed by atoms with Gasteiger partial charge in [-0.3, -0.25) is 9.69 Å². The molecule has 1 fully saturated rings. The number of methoxy groups -OCH3 is 1. The minimum atomic E-state index is -0.227. The zero-order valence-electron chi connectivity index (χ0n) is 12.5. The lowest BCUT2D eigenvalue weighted by Crippen LogP contribution is -2.27. The second-order valence-electron chi connectivity index (χ2n) is 4.93. The molecule has 0 bridgehead atoms. The second kappa shape index (κ2) is 6.84. The van der Waals surface area contributed by atoms with E-state index in [9.17, 15) is 9.90 Å². The van der Waals surface area contributed by atoms with E-state index >= 15 is 0 Å². The summed E-state index contributed by atoms with van der Waals surface area (Å²) in [6.07, 6.45) is 1.70. The number of nitrogens with zero attached hydrogens (tertiary/aromatic N) is 1. The van der Waals surface area contributed by atoms with E-state index in [2.05, 4.69) is 0 Å². The molecular formula is C17H12ClNO3S2. The molecule has 1 heterocycles. The van der Waals surface area contributed by atoms with Crippen LogP contribution in [-0.2, 0) is 4.79 Å². The predicted octanol–water partition coefficient (Wildman–Crippen LogP) is 4.46. The van der Waals surface area contributed by atoms with Gasteiger partial charge in [-0.25, -0.2) is 0 Å². The Morgan fingerprint density at radius 2 is 2.08 bits per heavy atom. The Balaban J connectivity index is 1.93. The van der Waals surface area contributed by atoms with Gasteiger partial charge in [-0.15, -0.1) is 0 Å². The number of anilines is 1. The van der Waals surface area contributed by atoms with Crippen molar-refractivity contribution >= 4 is 57.6 Å². The zero-order chi connectivity index (χ0) is 17.3. The van der Waals surface area contributed by atoms with Crippen LogP contribution in [0.15, 0.2) is 47.4 Å². The van der Waals surface area contributed by atoms with E-state index in [1.165, 1.54) is 23.8 Å². The van der Waals surface area contributed by atoms with E-state index in [1.807, 2.05) is 0 Å². The molecule has 2 aromatic carbocycles. The first-order chi connectivity index (χ1) is 11.5. The van der Waals surface area contributed by atoms with Crippen LogP contribution in [0.5, 0.6) is 11.5 Å². The van der Waals surface area contributed by atoms with Gasteiger partial charge < -0.3 is 9.84 Å². The van der Waals surface area contributed by atoms with Crippen LogP contribution in [0.25, 0.3) is 6.08 Å². The fraction of sp³-hybridized carbons (Fsp3) is 0.0588. The highest BCUT2D eigenvalue weighted by Gasteiger charge is 2.33. The molecule has 1 amide bonds. The molecule has 0 aliphatic carbocycles. The molecule has 24 heavy (non-hydrogen) atoms. The number of hydrogen-bond acceptors (Lipinski definition) is 5. The van der Waals surface area contributed by atoms with Crippen LogP contribution >= 0.6 is 35.6 Å². The zero-order valence-corrected chi connectivity index (χ0v) is 14.9. The fourth-order valence-electron chi connectivity index (χ4n) is 2.25. The van der Waals surface area contributed by atoms with Crippen molar-refractivity contribution in [2.24, 2.45) is 0 Å². The summed E-state index contributed by atoms with van der Waals surface area (Å²) in [5, 5.41) is 9.93. The van der Waals surface area contributed by atoms with Crippen molar-refractivity contribution in [1.82, 2.24) is 0 Å². The van der Waals surface area contributed by atoms with Crippen molar-refractivity contribution < 1.29 is 14.6 Å². The van der Waals surface area contributed by atoms with E-state index in [0.29, 0.717) is 25.7 Å². The first-order valence-electron chi connectivity index (χ1n) is 6.90. The molecule has 1 aliphatic heterocycles. The number of aromatic hydroxyl groups is 1. The largest absolute Gasteiger partial charge is 0.508 e. The molecule has 122 valence electrons. The third kappa shape index (κ3) is 3.26. The topological polar surface area (TPSA) is 49.8 Å². The average molecular weight is 378 g/mol. The van der Waals surface area contributed by atoms with Crippen LogP contribution in [0, 0.1) is 0 Å². The predicted molar refractivity (Wildman–Crippen MR) is 102 cm³/mol. The normalized spacial score (nSPS) is 16.1. The van der Waals surface area contributed by atoms with Gasteiger partial charge in [-0.05, 0) is 42.0 Å². The van der Waals surface area contributed by atoms with Crippen molar-refractivity contribution in [3.05, 3.63) is 58.0 Å². The van der Waals surface area contributed by atoms with Gasteiger partial charge in [-0.2, -0.15) is 0 Å². The molecule has 7 heteroatoms. The summed E-state index contributed by atoms with van der Waals surface area (Å²) in [5.41, 5.74) is 1.31. The van der Waals surface area contributed by atoms with Crippen LogP contribution in [0.4, 0.5) is 5.69 Å². The molecule has 4 nitrogen and oxygen atoms in total. The number of phenols is 1. The highest BCUT2D eigenvalue weighted by molar-refractivity contribution is 8.27. The third-order valence-corrected chi connectivity index (χ3v) is 4.95. The highest BCUT2D eigenvalue weighted by Crippen LogP contribution is 2.38. The Bertz CT molecular complexity index is 867. The summed E-state index contributed by atoms with van der Waals surface area (Å²) in [7, 11) is 1.53. The number of halogens is 1. The molecule has 0 spiro atoms. The number of thiocarbonyl (C=S) groups is 1. The quantitative estimate of drug-likeness (QED) is 0.632. The Morgan fingerprint density at radius 3 is 2.75 bits per heavy atom. The maximum Gasteiger partial charge on any atom is 0.270 e. The SMILES string of the molecule is COc1ccc(N2C(=O)C(=Cc3cccc(O)c3)SC2=S)cc1Cl. The van der Waals surface area contributed by atoms with E-state index in [0.717, 1.165) is 5.56 Å². The standard InChI is InChI=1S/C17H12ClNO3S2/c1-22-14-6-5-11(9-13(14)18)19-16(21)15(24-17(19)23)8-10-3-2-4-12(20)7-10/h2-9,20H,1H3. The fourth-order valence-corrected chi connectivity index (χ4v) is 3.80. The van der Waals surface area contributed by atoms with Crippen molar-refractivity contribution in [1.29, 1.82) is 0 Å². The maximum absolute atomic E-state index is 12.7. The van der Waals surface area contributed by atoms with Gasteiger partial charge in [0.2, 0.25) is 0 Å². The number of thioether (sulfide) groups is 1. The van der Waals surface area contributed by atoms with Crippen molar-refractivity contribution in [3.8, 4) is 11.5 Å². The summed E-state index contributed by atoms with van der Waals surface area (Å²) in [6, 6.07) is 11.7. The van der Waals surface area contributed by atoms with E-state index in [4.69, 9.17) is 28.6 Å². The lowest BCUT2D eigenvalue weighted by atomic mass is 10.2. The van der Waals surface area contributed by atoms with Gasteiger partial charge in [0.1, 0.15) is 11.5 Å². The molecule has 3 rings (SSSR count). The summed E-state index contributed by atoms with van der Waals surface area (Å²) in [6.45, 7) is 0. The number of phenolic OH excluding ortho intramolecular Hbond substituents is 1. The van der Waals surface area contributed by atoms with Gasteiger partial charge in [0.25, 0.3) is 5.91 Å². The molecule has 0 atom stereocenters. The Morgan fingerprint density at radius 1 is 1.29 bits per heavy atom.